The Labute approximate surface area is 183 Å². The van der Waals surface area contributed by atoms with Gasteiger partial charge in [-0.15, -0.1) is 11.3 Å². The normalized spacial score (nSPS) is 12.2. The molecule has 2 heterocycles. The molecule has 2 N–H and O–H groups in total. The molecule has 164 valence electrons. The number of aromatic carboxylic acids is 1. The van der Waals surface area contributed by atoms with Crippen molar-refractivity contribution < 1.29 is 19.4 Å². The Balaban J connectivity index is 2.09. The summed E-state index contributed by atoms with van der Waals surface area (Å²) >= 11 is 1.09. The Morgan fingerprint density at radius 1 is 1.26 bits per heavy atom. The minimum Gasteiger partial charge on any atom is -0.478 e. The topological polar surface area (TPSA) is 111 Å². The molecular formula is C22H25N3O5S. The molecule has 3 aromatic rings. The smallest absolute Gasteiger partial charge is 0.337 e. The molecule has 8 nitrogen and oxygen atoms in total. The third-order valence-corrected chi connectivity index (χ3v) is 6.04. The molecule has 1 amide bonds. The second-order valence-corrected chi connectivity index (χ2v) is 8.38. The Morgan fingerprint density at radius 2 is 1.90 bits per heavy atom. The zero-order chi connectivity index (χ0) is 22.9. The van der Waals surface area contributed by atoms with E-state index < -0.39 is 17.6 Å². The second kappa shape index (κ2) is 8.99. The van der Waals surface area contributed by atoms with Gasteiger partial charge in [0.2, 0.25) is 5.91 Å². The van der Waals surface area contributed by atoms with Crippen LogP contribution in [-0.2, 0) is 16.0 Å². The number of aromatic nitrogens is 2. The molecule has 2 aromatic heterocycles. The van der Waals surface area contributed by atoms with Crippen LogP contribution in [0.4, 0.5) is 5.69 Å². The number of amides is 1. The van der Waals surface area contributed by atoms with Gasteiger partial charge in [0.25, 0.3) is 5.56 Å². The minimum atomic E-state index is -1.20. The van der Waals surface area contributed by atoms with Crippen LogP contribution < -0.4 is 10.9 Å². The van der Waals surface area contributed by atoms with Crippen LogP contribution in [0, 0.1) is 20.8 Å². The predicted octanol–water partition coefficient (Wildman–Crippen LogP) is 3.47. The minimum absolute atomic E-state index is 0.0148. The van der Waals surface area contributed by atoms with Crippen molar-refractivity contribution in [3.05, 3.63) is 55.9 Å². The fraction of sp³-hybridized carbons (Fsp3) is 0.364. The molecule has 0 aliphatic rings. The molecule has 0 aliphatic heterocycles. The van der Waals surface area contributed by atoms with Crippen LogP contribution in [0.15, 0.2) is 22.3 Å². The van der Waals surface area contributed by atoms with Crippen LogP contribution in [0.25, 0.3) is 10.2 Å². The maximum Gasteiger partial charge on any atom is 0.337 e. The highest BCUT2D eigenvalue weighted by molar-refractivity contribution is 7.17. The summed E-state index contributed by atoms with van der Waals surface area (Å²) in [5, 5.41) is 13.8. The number of nitrogens with one attached hydrogen (secondary N) is 1. The monoisotopic (exact) mass is 443 g/mol. The summed E-state index contributed by atoms with van der Waals surface area (Å²) < 4.78 is 6.40. The molecule has 1 atom stereocenters. The first-order chi connectivity index (χ1) is 14.6. The van der Waals surface area contributed by atoms with Crippen molar-refractivity contribution in [3.63, 3.8) is 0 Å². The standard InChI is InChI=1S/C22H25N3O5S/c1-11-8-12(2)18(13(3)9-11)24-19(26)14(4)25-16(6-7-30-5)23-20-17(21(25)27)15(10-31-20)22(28)29/h8-10,14H,6-7H2,1-5H3,(H,24,26)(H,28,29). The molecule has 0 saturated heterocycles. The molecule has 3 rings (SSSR count). The van der Waals surface area contributed by atoms with Crippen molar-refractivity contribution >= 4 is 39.1 Å². The summed E-state index contributed by atoms with van der Waals surface area (Å²) in [6.45, 7) is 7.71. The van der Waals surface area contributed by atoms with Crippen LogP contribution >= 0.6 is 11.3 Å². The molecule has 0 saturated carbocycles. The molecule has 0 spiro atoms. The lowest BCUT2D eigenvalue weighted by atomic mass is 10.0. The Hall–Kier alpha value is -3.04. The third kappa shape index (κ3) is 4.38. The van der Waals surface area contributed by atoms with Crippen LogP contribution in [0.1, 0.15) is 45.8 Å². The van der Waals surface area contributed by atoms with Crippen molar-refractivity contribution in [2.45, 2.75) is 40.2 Å². The van der Waals surface area contributed by atoms with Crippen molar-refractivity contribution in [2.24, 2.45) is 0 Å². The molecule has 1 aromatic carbocycles. The van der Waals surface area contributed by atoms with Gasteiger partial charge in [-0.05, 0) is 38.8 Å². The van der Waals surface area contributed by atoms with Gasteiger partial charge < -0.3 is 15.2 Å². The van der Waals surface area contributed by atoms with E-state index in [0.29, 0.717) is 29.4 Å². The molecular weight excluding hydrogens is 418 g/mol. The van der Waals surface area contributed by atoms with E-state index in [2.05, 4.69) is 10.3 Å². The van der Waals surface area contributed by atoms with E-state index in [1.165, 1.54) is 17.1 Å². The predicted molar refractivity (Wildman–Crippen MR) is 120 cm³/mol. The molecule has 1 unspecified atom stereocenters. The SMILES string of the molecule is COCCc1nc2scc(C(=O)O)c2c(=O)n1C(C)C(=O)Nc1c(C)cc(C)cc1C. The number of hydrogen-bond donors (Lipinski definition) is 2. The number of carboxylic acids is 1. The van der Waals surface area contributed by atoms with Gasteiger partial charge in [-0.2, -0.15) is 0 Å². The van der Waals surface area contributed by atoms with E-state index in [1.807, 2.05) is 32.9 Å². The van der Waals surface area contributed by atoms with Crippen LogP contribution in [-0.4, -0.2) is 40.3 Å². The van der Waals surface area contributed by atoms with Crippen molar-refractivity contribution in [1.29, 1.82) is 0 Å². The number of fused-ring (bicyclic) bond motifs is 1. The van der Waals surface area contributed by atoms with E-state index in [1.54, 1.807) is 6.92 Å². The number of anilines is 1. The number of carbonyl (C=O) groups is 2. The van der Waals surface area contributed by atoms with E-state index >= 15 is 0 Å². The lowest BCUT2D eigenvalue weighted by Crippen LogP contribution is -2.35. The maximum atomic E-state index is 13.3. The molecule has 9 heteroatoms. The molecule has 0 bridgehead atoms. The second-order valence-electron chi connectivity index (χ2n) is 7.52. The number of rotatable bonds is 7. The number of nitrogens with zero attached hydrogens (tertiary/aromatic N) is 2. The first kappa shape index (κ1) is 22.6. The summed E-state index contributed by atoms with van der Waals surface area (Å²) in [6, 6.07) is 3.04. The lowest BCUT2D eigenvalue weighted by Gasteiger charge is -2.20. The van der Waals surface area contributed by atoms with Gasteiger partial charge in [-0.25, -0.2) is 9.78 Å². The van der Waals surface area contributed by atoms with Crippen molar-refractivity contribution in [2.75, 3.05) is 19.0 Å². The average molecular weight is 444 g/mol. The Morgan fingerprint density at radius 3 is 2.48 bits per heavy atom. The van der Waals surface area contributed by atoms with Gasteiger partial charge in [-0.3, -0.25) is 14.2 Å². The van der Waals surface area contributed by atoms with Crippen LogP contribution in [0.3, 0.4) is 0 Å². The molecule has 0 fully saturated rings. The van der Waals surface area contributed by atoms with Crippen molar-refractivity contribution in [1.82, 2.24) is 9.55 Å². The molecule has 0 radical (unpaired) electrons. The average Bonchev–Trinajstić information content (AvgIpc) is 3.13. The number of thiophene rings is 1. The number of aryl methyl sites for hydroxylation is 3. The number of hydrogen-bond acceptors (Lipinski definition) is 6. The van der Waals surface area contributed by atoms with Gasteiger partial charge in [0.05, 0.1) is 17.6 Å². The summed E-state index contributed by atoms with van der Waals surface area (Å²) in [7, 11) is 1.54. The first-order valence-corrected chi connectivity index (χ1v) is 10.7. The Bertz CT molecular complexity index is 1200. The van der Waals surface area contributed by atoms with Gasteiger partial charge in [0.1, 0.15) is 16.7 Å². The van der Waals surface area contributed by atoms with Crippen LogP contribution in [0.2, 0.25) is 0 Å². The highest BCUT2D eigenvalue weighted by Crippen LogP contribution is 2.25. The summed E-state index contributed by atoms with van der Waals surface area (Å²) in [6.07, 6.45) is 0.308. The zero-order valence-electron chi connectivity index (χ0n) is 18.1. The first-order valence-electron chi connectivity index (χ1n) is 9.79. The van der Waals surface area contributed by atoms with E-state index in [0.717, 1.165) is 28.0 Å². The Kier molecular flexibility index (Phi) is 6.56. The van der Waals surface area contributed by atoms with Crippen molar-refractivity contribution in [3.8, 4) is 0 Å². The largest absolute Gasteiger partial charge is 0.478 e. The fourth-order valence-electron chi connectivity index (χ4n) is 3.69. The maximum absolute atomic E-state index is 13.3. The van der Waals surface area contributed by atoms with Gasteiger partial charge in [-0.1, -0.05) is 17.7 Å². The van der Waals surface area contributed by atoms with E-state index in [9.17, 15) is 19.5 Å². The van der Waals surface area contributed by atoms with E-state index in [-0.39, 0.29) is 16.9 Å². The van der Waals surface area contributed by atoms with Gasteiger partial charge in [0.15, 0.2) is 0 Å². The quantitative estimate of drug-likeness (QED) is 0.579. The zero-order valence-corrected chi connectivity index (χ0v) is 18.9. The number of ether oxygens (including phenoxy) is 1. The summed E-state index contributed by atoms with van der Waals surface area (Å²) in [5.41, 5.74) is 2.98. The van der Waals surface area contributed by atoms with Gasteiger partial charge >= 0.3 is 5.97 Å². The highest BCUT2D eigenvalue weighted by Gasteiger charge is 2.25. The number of carbonyl (C=O) groups excluding carboxylic acids is 1. The lowest BCUT2D eigenvalue weighted by molar-refractivity contribution is -0.119. The molecule has 0 aliphatic carbocycles. The van der Waals surface area contributed by atoms with E-state index in [4.69, 9.17) is 4.74 Å². The van der Waals surface area contributed by atoms with Gasteiger partial charge in [0, 0.05) is 24.6 Å². The number of carboxylic acid groups (broad SMARTS) is 1. The van der Waals surface area contributed by atoms with Crippen LogP contribution in [0.5, 0.6) is 0 Å². The number of benzene rings is 1. The fourth-order valence-corrected chi connectivity index (χ4v) is 4.62. The highest BCUT2D eigenvalue weighted by atomic mass is 32.1. The molecule has 31 heavy (non-hydrogen) atoms. The summed E-state index contributed by atoms with van der Waals surface area (Å²) in [5.74, 6) is -1.22. The summed E-state index contributed by atoms with van der Waals surface area (Å²) in [4.78, 5) is 42.9. The number of methoxy groups -OCH3 is 1. The third-order valence-electron chi connectivity index (χ3n) is 5.17.